The van der Waals surface area contributed by atoms with Crippen molar-refractivity contribution in [1.29, 1.82) is 0 Å². The standard InChI is InChI=1S/C16H20FN3/c1-11(14-9-18-20(2)10-14)19-16-7-13(8-16)12-3-5-15(17)6-4-12/h3-6,9-11,13,16,19H,7-8H2,1-2H3. The van der Waals surface area contributed by atoms with E-state index in [-0.39, 0.29) is 5.82 Å². The summed E-state index contributed by atoms with van der Waals surface area (Å²) in [5.74, 6) is 0.405. The molecule has 106 valence electrons. The minimum atomic E-state index is -0.159. The van der Waals surface area contributed by atoms with Gasteiger partial charge in [0.25, 0.3) is 0 Å². The highest BCUT2D eigenvalue weighted by atomic mass is 19.1. The number of aromatic nitrogens is 2. The average molecular weight is 273 g/mol. The minimum absolute atomic E-state index is 0.159. The van der Waals surface area contributed by atoms with Crippen molar-refractivity contribution in [3.63, 3.8) is 0 Å². The number of nitrogens with one attached hydrogen (secondary N) is 1. The zero-order chi connectivity index (χ0) is 14.1. The van der Waals surface area contributed by atoms with Crippen molar-refractivity contribution in [3.05, 3.63) is 53.6 Å². The Morgan fingerprint density at radius 2 is 2.00 bits per heavy atom. The molecule has 0 saturated heterocycles. The van der Waals surface area contributed by atoms with Crippen LogP contribution in [0.25, 0.3) is 0 Å². The van der Waals surface area contributed by atoms with Crippen molar-refractivity contribution in [2.75, 3.05) is 0 Å². The van der Waals surface area contributed by atoms with Crippen LogP contribution in [-0.4, -0.2) is 15.8 Å². The molecule has 1 aliphatic rings. The van der Waals surface area contributed by atoms with Crippen molar-refractivity contribution in [1.82, 2.24) is 15.1 Å². The van der Waals surface area contributed by atoms with Crippen LogP contribution in [-0.2, 0) is 7.05 Å². The van der Waals surface area contributed by atoms with Crippen LogP contribution in [0.1, 0.15) is 42.9 Å². The number of nitrogens with zero attached hydrogens (tertiary/aromatic N) is 2. The Morgan fingerprint density at radius 3 is 2.60 bits per heavy atom. The van der Waals surface area contributed by atoms with Gasteiger partial charge in [-0.1, -0.05) is 12.1 Å². The normalized spacial score (nSPS) is 23.4. The highest BCUT2D eigenvalue weighted by Gasteiger charge is 2.31. The fraction of sp³-hybridized carbons (Fsp3) is 0.438. The average Bonchev–Trinajstić information content (AvgIpc) is 2.81. The second-order valence-corrected chi connectivity index (χ2v) is 5.75. The number of hydrogen-bond acceptors (Lipinski definition) is 2. The lowest BCUT2D eigenvalue weighted by atomic mass is 9.75. The molecule has 1 heterocycles. The van der Waals surface area contributed by atoms with Crippen molar-refractivity contribution in [2.45, 2.75) is 37.8 Å². The van der Waals surface area contributed by atoms with Gasteiger partial charge >= 0.3 is 0 Å². The van der Waals surface area contributed by atoms with E-state index >= 15 is 0 Å². The van der Waals surface area contributed by atoms with Crippen molar-refractivity contribution < 1.29 is 4.39 Å². The molecule has 0 spiro atoms. The van der Waals surface area contributed by atoms with E-state index in [2.05, 4.69) is 17.3 Å². The molecule has 0 aliphatic heterocycles. The third-order valence-corrected chi connectivity index (χ3v) is 4.19. The maximum atomic E-state index is 12.9. The lowest BCUT2D eigenvalue weighted by molar-refractivity contribution is 0.271. The maximum absolute atomic E-state index is 12.9. The number of rotatable bonds is 4. The Balaban J connectivity index is 1.52. The Labute approximate surface area is 118 Å². The van der Waals surface area contributed by atoms with Crippen LogP contribution < -0.4 is 5.32 Å². The summed E-state index contributed by atoms with van der Waals surface area (Å²) in [5, 5.41) is 7.83. The summed E-state index contributed by atoms with van der Waals surface area (Å²) in [6.45, 7) is 2.17. The summed E-state index contributed by atoms with van der Waals surface area (Å²) in [6.07, 6.45) is 6.20. The van der Waals surface area contributed by atoms with Gasteiger partial charge < -0.3 is 5.32 Å². The fourth-order valence-electron chi connectivity index (χ4n) is 2.87. The Morgan fingerprint density at radius 1 is 1.30 bits per heavy atom. The van der Waals surface area contributed by atoms with Crippen LogP contribution in [0.15, 0.2) is 36.7 Å². The molecule has 1 aromatic carbocycles. The molecule has 0 radical (unpaired) electrons. The third kappa shape index (κ3) is 2.75. The zero-order valence-corrected chi connectivity index (χ0v) is 11.9. The van der Waals surface area contributed by atoms with E-state index in [9.17, 15) is 4.39 Å². The van der Waals surface area contributed by atoms with Crippen LogP contribution in [0.2, 0.25) is 0 Å². The van der Waals surface area contributed by atoms with Crippen molar-refractivity contribution in [3.8, 4) is 0 Å². The quantitative estimate of drug-likeness (QED) is 0.927. The van der Waals surface area contributed by atoms with Gasteiger partial charge in [-0.05, 0) is 43.4 Å². The minimum Gasteiger partial charge on any atom is -0.307 e. The number of benzene rings is 1. The third-order valence-electron chi connectivity index (χ3n) is 4.19. The molecular weight excluding hydrogens is 253 g/mol. The first-order valence-electron chi connectivity index (χ1n) is 7.12. The molecule has 1 aromatic heterocycles. The van der Waals surface area contributed by atoms with Gasteiger partial charge in [0.15, 0.2) is 0 Å². The molecule has 1 N–H and O–H groups in total. The van der Waals surface area contributed by atoms with E-state index in [1.165, 1.54) is 11.1 Å². The summed E-state index contributed by atoms with van der Waals surface area (Å²) in [4.78, 5) is 0. The number of hydrogen-bond donors (Lipinski definition) is 1. The molecule has 4 heteroatoms. The van der Waals surface area contributed by atoms with Gasteiger partial charge in [-0.15, -0.1) is 0 Å². The van der Waals surface area contributed by atoms with E-state index < -0.39 is 0 Å². The first kappa shape index (κ1) is 13.3. The lowest BCUT2D eigenvalue weighted by Gasteiger charge is -2.38. The Kier molecular flexibility index (Phi) is 3.57. The van der Waals surface area contributed by atoms with Gasteiger partial charge in [0, 0.05) is 30.9 Å². The van der Waals surface area contributed by atoms with Gasteiger partial charge in [0.1, 0.15) is 5.82 Å². The monoisotopic (exact) mass is 273 g/mol. The predicted octanol–water partition coefficient (Wildman–Crippen LogP) is 3.16. The number of halogens is 1. The highest BCUT2D eigenvalue weighted by Crippen LogP contribution is 2.37. The molecule has 0 amide bonds. The molecule has 1 atom stereocenters. The molecular formula is C16H20FN3. The summed E-state index contributed by atoms with van der Waals surface area (Å²) < 4.78 is 14.7. The Hall–Kier alpha value is -1.68. The van der Waals surface area contributed by atoms with Crippen molar-refractivity contribution >= 4 is 0 Å². The first-order valence-corrected chi connectivity index (χ1v) is 7.12. The summed E-state index contributed by atoms with van der Waals surface area (Å²) >= 11 is 0. The molecule has 3 rings (SSSR count). The van der Waals surface area contributed by atoms with E-state index in [1.54, 1.807) is 12.1 Å². The maximum Gasteiger partial charge on any atom is 0.123 e. The number of aryl methyl sites for hydroxylation is 1. The van der Waals surface area contributed by atoms with E-state index in [4.69, 9.17) is 0 Å². The topological polar surface area (TPSA) is 29.9 Å². The van der Waals surface area contributed by atoms with Crippen LogP contribution in [0, 0.1) is 5.82 Å². The van der Waals surface area contributed by atoms with Crippen molar-refractivity contribution in [2.24, 2.45) is 7.05 Å². The molecule has 20 heavy (non-hydrogen) atoms. The van der Waals surface area contributed by atoms with E-state index in [0.717, 1.165) is 12.8 Å². The van der Waals surface area contributed by atoms with Crippen LogP contribution >= 0.6 is 0 Å². The molecule has 1 saturated carbocycles. The molecule has 2 aromatic rings. The van der Waals surface area contributed by atoms with E-state index in [0.29, 0.717) is 18.0 Å². The second kappa shape index (κ2) is 5.37. The highest BCUT2D eigenvalue weighted by molar-refractivity contribution is 5.24. The van der Waals surface area contributed by atoms with E-state index in [1.807, 2.05) is 36.3 Å². The molecule has 1 aliphatic carbocycles. The SMILES string of the molecule is CC(NC1CC(c2ccc(F)cc2)C1)c1cnn(C)c1. The largest absolute Gasteiger partial charge is 0.307 e. The smallest absolute Gasteiger partial charge is 0.123 e. The fourth-order valence-corrected chi connectivity index (χ4v) is 2.87. The molecule has 1 unspecified atom stereocenters. The van der Waals surface area contributed by atoms with Crippen LogP contribution in [0.5, 0.6) is 0 Å². The van der Waals surface area contributed by atoms with Gasteiger partial charge in [-0.3, -0.25) is 4.68 Å². The van der Waals surface area contributed by atoms with Gasteiger partial charge in [-0.2, -0.15) is 5.10 Å². The van der Waals surface area contributed by atoms with Gasteiger partial charge in [0.05, 0.1) is 6.20 Å². The zero-order valence-electron chi connectivity index (χ0n) is 11.9. The second-order valence-electron chi connectivity index (χ2n) is 5.75. The lowest BCUT2D eigenvalue weighted by Crippen LogP contribution is -2.41. The summed E-state index contributed by atoms with van der Waals surface area (Å²) in [5.41, 5.74) is 2.47. The molecule has 1 fully saturated rings. The molecule has 3 nitrogen and oxygen atoms in total. The summed E-state index contributed by atoms with van der Waals surface area (Å²) in [7, 11) is 1.93. The van der Waals surface area contributed by atoms with Crippen LogP contribution in [0.4, 0.5) is 4.39 Å². The first-order chi connectivity index (χ1) is 9.61. The summed E-state index contributed by atoms with van der Waals surface area (Å²) in [6, 6.07) is 7.77. The van der Waals surface area contributed by atoms with Gasteiger partial charge in [0.2, 0.25) is 0 Å². The van der Waals surface area contributed by atoms with Crippen LogP contribution in [0.3, 0.4) is 0 Å². The predicted molar refractivity (Wildman–Crippen MR) is 76.9 cm³/mol. The van der Waals surface area contributed by atoms with Gasteiger partial charge in [-0.25, -0.2) is 4.39 Å². The molecule has 0 bridgehead atoms. The Bertz CT molecular complexity index is 570.